The first kappa shape index (κ1) is 9.06. The first-order chi connectivity index (χ1) is 1.73. The van der Waals surface area contributed by atoms with Crippen LogP contribution < -0.4 is 0 Å². The molecular formula is C3H8MgO. The fourth-order valence-corrected chi connectivity index (χ4v) is 0. The van der Waals surface area contributed by atoms with E-state index in [1.165, 1.54) is 13.8 Å². The van der Waals surface area contributed by atoms with E-state index < -0.39 is 0 Å². The summed E-state index contributed by atoms with van der Waals surface area (Å²) in [4.78, 5) is 9.44. The maximum absolute atomic E-state index is 9.44. The second-order valence-electron chi connectivity index (χ2n) is 0.908. The minimum absolute atomic E-state index is 0. The molecule has 0 aliphatic heterocycles. The van der Waals surface area contributed by atoms with Crippen molar-refractivity contribution in [3.8, 4) is 0 Å². The maximum Gasteiger partial charge on any atom is 2.00 e. The summed E-state index contributed by atoms with van der Waals surface area (Å²) in [7, 11) is 0. The Labute approximate surface area is 50.9 Å². The number of carbonyl (C=O) groups is 1. The molecule has 0 unspecified atom stereocenters. The van der Waals surface area contributed by atoms with Crippen LogP contribution in [0.2, 0.25) is 0 Å². The van der Waals surface area contributed by atoms with Crippen LogP contribution in [0.5, 0.6) is 0 Å². The van der Waals surface area contributed by atoms with E-state index in [4.69, 9.17) is 0 Å². The predicted molar refractivity (Wildman–Crippen MR) is 24.3 cm³/mol. The van der Waals surface area contributed by atoms with Crippen LogP contribution in [0.15, 0.2) is 0 Å². The van der Waals surface area contributed by atoms with Crippen LogP contribution in [-0.4, -0.2) is 28.8 Å². The first-order valence-corrected chi connectivity index (χ1v) is 1.20. The fourth-order valence-electron chi connectivity index (χ4n) is 0. The average Bonchev–Trinajstić information content (AvgIpc) is 0.811. The monoisotopic (exact) mass is 84.0 g/mol. The zero-order valence-corrected chi connectivity index (χ0v) is 5.03. The van der Waals surface area contributed by atoms with Crippen molar-refractivity contribution in [1.29, 1.82) is 0 Å². The zero-order chi connectivity index (χ0) is 3.58. The van der Waals surface area contributed by atoms with Gasteiger partial charge in [-0.05, 0) is 13.8 Å². The average molecular weight is 84.4 g/mol. The van der Waals surface area contributed by atoms with Gasteiger partial charge in [-0.25, -0.2) is 0 Å². The molecule has 0 atom stereocenters. The molecule has 0 bridgehead atoms. The second-order valence-corrected chi connectivity index (χ2v) is 0.908. The molecule has 5 heavy (non-hydrogen) atoms. The molecule has 0 aromatic carbocycles. The Morgan fingerprint density at radius 3 is 1.60 bits per heavy atom. The smallest absolute Gasteiger partial charge is 1.00 e. The third kappa shape index (κ3) is 138. The Balaban J connectivity index is -0.0000000150. The molecule has 0 radical (unpaired) electrons. The Kier molecular flexibility index (Phi) is 8.04. The van der Waals surface area contributed by atoms with Gasteiger partial charge in [0, 0.05) is 0 Å². The van der Waals surface area contributed by atoms with Gasteiger partial charge >= 0.3 is 23.1 Å². The molecule has 28 valence electrons. The number of hydrogen-bond acceptors (Lipinski definition) is 1. The van der Waals surface area contributed by atoms with Gasteiger partial charge in [-0.15, -0.1) is 0 Å². The van der Waals surface area contributed by atoms with Crippen molar-refractivity contribution in [2.75, 3.05) is 0 Å². The third-order valence-corrected chi connectivity index (χ3v) is 0. The Hall–Kier alpha value is 0.436. The van der Waals surface area contributed by atoms with E-state index in [2.05, 4.69) is 0 Å². The van der Waals surface area contributed by atoms with E-state index in [0.29, 0.717) is 0 Å². The Bertz CT molecular complexity index is 35.9. The molecule has 0 saturated heterocycles. The minimum Gasteiger partial charge on any atom is -1.00 e. The van der Waals surface area contributed by atoms with E-state index in [1.54, 1.807) is 0 Å². The van der Waals surface area contributed by atoms with Gasteiger partial charge in [-0.2, -0.15) is 0 Å². The summed E-state index contributed by atoms with van der Waals surface area (Å²) in [5, 5.41) is 0. The minimum atomic E-state index is 0. The van der Waals surface area contributed by atoms with Crippen LogP contribution >= 0.6 is 0 Å². The van der Waals surface area contributed by atoms with Gasteiger partial charge in [0.25, 0.3) is 0 Å². The summed E-state index contributed by atoms with van der Waals surface area (Å²) >= 11 is 0. The van der Waals surface area contributed by atoms with Crippen molar-refractivity contribution in [2.45, 2.75) is 13.8 Å². The SMILES string of the molecule is CC(C)=O.[H-].[H-].[Mg+2]. The van der Waals surface area contributed by atoms with Crippen molar-refractivity contribution >= 4 is 28.8 Å². The molecule has 0 N–H and O–H groups in total. The molecule has 0 spiro atoms. The van der Waals surface area contributed by atoms with Gasteiger partial charge in [0.15, 0.2) is 0 Å². The van der Waals surface area contributed by atoms with Crippen molar-refractivity contribution in [3.63, 3.8) is 0 Å². The van der Waals surface area contributed by atoms with Crippen LogP contribution in [-0.2, 0) is 4.79 Å². The van der Waals surface area contributed by atoms with Crippen LogP contribution in [0.4, 0.5) is 0 Å². The van der Waals surface area contributed by atoms with Gasteiger partial charge in [-0.3, -0.25) is 0 Å². The van der Waals surface area contributed by atoms with E-state index >= 15 is 0 Å². The molecule has 0 heterocycles. The number of hydrogen-bond donors (Lipinski definition) is 0. The molecule has 0 aliphatic rings. The molecule has 0 aromatic heterocycles. The quantitative estimate of drug-likeness (QED) is 0.389. The fraction of sp³-hybridized carbons (Fsp3) is 0.667. The molecule has 0 aromatic rings. The number of rotatable bonds is 0. The van der Waals surface area contributed by atoms with Gasteiger partial charge < -0.3 is 7.65 Å². The molecule has 2 heteroatoms. The molecular weight excluding hydrogens is 76.3 g/mol. The van der Waals surface area contributed by atoms with Crippen molar-refractivity contribution in [2.24, 2.45) is 0 Å². The summed E-state index contributed by atoms with van der Waals surface area (Å²) in [6.07, 6.45) is 0. The second kappa shape index (κ2) is 4.44. The normalized spacial score (nSPS) is 5.20. The summed E-state index contributed by atoms with van der Waals surface area (Å²) in [5.74, 6) is 0.167. The molecule has 0 rings (SSSR count). The van der Waals surface area contributed by atoms with Gasteiger partial charge in [-0.1, -0.05) is 0 Å². The topological polar surface area (TPSA) is 17.1 Å². The predicted octanol–water partition coefficient (Wildman–Crippen LogP) is 0.440. The standard InChI is InChI=1S/C3H6O.Mg.2H/c1-3(2)4;;;/h1-2H3;;;/q;+2;2*-1. The summed E-state index contributed by atoms with van der Waals surface area (Å²) in [5.41, 5.74) is 0. The van der Waals surface area contributed by atoms with E-state index in [-0.39, 0.29) is 31.7 Å². The summed E-state index contributed by atoms with van der Waals surface area (Å²) < 4.78 is 0. The van der Waals surface area contributed by atoms with Gasteiger partial charge in [0.1, 0.15) is 5.78 Å². The van der Waals surface area contributed by atoms with Gasteiger partial charge in [0.2, 0.25) is 0 Å². The zero-order valence-electron chi connectivity index (χ0n) is 5.62. The van der Waals surface area contributed by atoms with E-state index in [9.17, 15) is 4.79 Å². The maximum atomic E-state index is 9.44. The van der Waals surface area contributed by atoms with Crippen LogP contribution in [0.25, 0.3) is 0 Å². The van der Waals surface area contributed by atoms with E-state index in [1.807, 2.05) is 0 Å². The van der Waals surface area contributed by atoms with E-state index in [0.717, 1.165) is 0 Å². The molecule has 0 aliphatic carbocycles. The van der Waals surface area contributed by atoms with Crippen LogP contribution in [0.3, 0.4) is 0 Å². The molecule has 0 fully saturated rings. The first-order valence-electron chi connectivity index (χ1n) is 1.20. The number of ketones is 1. The Morgan fingerprint density at radius 2 is 1.60 bits per heavy atom. The van der Waals surface area contributed by atoms with Crippen LogP contribution in [0.1, 0.15) is 16.7 Å². The van der Waals surface area contributed by atoms with Crippen molar-refractivity contribution < 1.29 is 7.65 Å². The van der Waals surface area contributed by atoms with Crippen molar-refractivity contribution in [3.05, 3.63) is 0 Å². The Morgan fingerprint density at radius 1 is 1.60 bits per heavy atom. The molecule has 0 amide bonds. The molecule has 0 saturated carbocycles. The summed E-state index contributed by atoms with van der Waals surface area (Å²) in [6, 6.07) is 0. The number of carbonyl (C=O) groups excluding carboxylic acids is 1. The number of Topliss-reactive ketones (excluding diaryl/α,β-unsaturated/α-hetero) is 1. The third-order valence-electron chi connectivity index (χ3n) is 0. The summed E-state index contributed by atoms with van der Waals surface area (Å²) in [6.45, 7) is 3.06. The van der Waals surface area contributed by atoms with Crippen LogP contribution in [0, 0.1) is 0 Å². The molecule has 1 nitrogen and oxygen atoms in total. The van der Waals surface area contributed by atoms with Crippen molar-refractivity contribution in [1.82, 2.24) is 0 Å². The largest absolute Gasteiger partial charge is 2.00 e. The van der Waals surface area contributed by atoms with Gasteiger partial charge in [0.05, 0.1) is 0 Å².